The lowest BCUT2D eigenvalue weighted by atomic mass is 9.97. The van der Waals surface area contributed by atoms with Crippen LogP contribution >= 0.6 is 15.9 Å². The zero-order valence-electron chi connectivity index (χ0n) is 12.4. The topological polar surface area (TPSA) is 29.5 Å². The molecule has 1 aliphatic rings. The molecule has 1 aromatic rings. The van der Waals surface area contributed by atoms with E-state index < -0.39 is 0 Å². The Morgan fingerprint density at radius 3 is 2.80 bits per heavy atom. The molecular weight excluding hydrogens is 318 g/mol. The van der Waals surface area contributed by atoms with Crippen LogP contribution in [0.25, 0.3) is 0 Å². The Morgan fingerprint density at radius 1 is 1.35 bits per heavy atom. The number of hydrogen-bond acceptors (Lipinski definition) is 2. The highest BCUT2D eigenvalue weighted by atomic mass is 79.9. The van der Waals surface area contributed by atoms with Crippen molar-refractivity contribution in [3.05, 3.63) is 33.8 Å². The van der Waals surface area contributed by atoms with Crippen LogP contribution in [0.2, 0.25) is 0 Å². The van der Waals surface area contributed by atoms with Crippen LogP contribution in [0.1, 0.15) is 42.1 Å². The van der Waals surface area contributed by atoms with Gasteiger partial charge >= 0.3 is 0 Å². The zero-order valence-corrected chi connectivity index (χ0v) is 14.0. The Morgan fingerprint density at radius 2 is 2.10 bits per heavy atom. The minimum Gasteiger partial charge on any atom is -0.378 e. The molecule has 20 heavy (non-hydrogen) atoms. The number of rotatable bonds is 2. The first kappa shape index (κ1) is 15.5. The van der Waals surface area contributed by atoms with E-state index in [-0.39, 0.29) is 11.5 Å². The molecule has 3 nitrogen and oxygen atoms in total. The second-order valence-electron chi connectivity index (χ2n) is 5.74. The molecule has 1 saturated heterocycles. The molecular formula is C16H22BrNO2. The van der Waals surface area contributed by atoms with Crippen molar-refractivity contribution in [1.82, 2.24) is 4.90 Å². The highest BCUT2D eigenvalue weighted by molar-refractivity contribution is 9.10. The standard InChI is InChI=1S/C16H22BrNO2/c1-12-6-4-7-13(14(12)17)15(19)18-10-5-8-16(2,20-3)9-11-18/h4,6-7H,5,8-11H2,1-3H3. The largest absolute Gasteiger partial charge is 0.378 e. The van der Waals surface area contributed by atoms with Crippen molar-refractivity contribution < 1.29 is 9.53 Å². The van der Waals surface area contributed by atoms with Crippen LogP contribution in [0.5, 0.6) is 0 Å². The first-order valence-corrected chi connectivity index (χ1v) is 7.86. The Bertz CT molecular complexity index is 503. The number of methoxy groups -OCH3 is 1. The number of halogens is 1. The maximum atomic E-state index is 12.7. The minimum absolute atomic E-state index is 0.0983. The molecule has 110 valence electrons. The van der Waals surface area contributed by atoms with E-state index in [2.05, 4.69) is 22.9 Å². The normalized spacial score (nSPS) is 23.5. The number of hydrogen-bond donors (Lipinski definition) is 0. The Hall–Kier alpha value is -0.870. The van der Waals surface area contributed by atoms with E-state index >= 15 is 0 Å². The number of carbonyl (C=O) groups excluding carboxylic acids is 1. The molecule has 1 aromatic carbocycles. The van der Waals surface area contributed by atoms with Crippen LogP contribution < -0.4 is 0 Å². The fourth-order valence-electron chi connectivity index (χ4n) is 2.64. The molecule has 1 fully saturated rings. The summed E-state index contributed by atoms with van der Waals surface area (Å²) < 4.78 is 6.49. The first-order valence-electron chi connectivity index (χ1n) is 7.06. The van der Waals surface area contributed by atoms with Gasteiger partial charge in [-0.25, -0.2) is 0 Å². The second kappa shape index (κ2) is 6.27. The van der Waals surface area contributed by atoms with Crippen LogP contribution in [0.15, 0.2) is 22.7 Å². The summed E-state index contributed by atoms with van der Waals surface area (Å²) in [6.07, 6.45) is 2.88. The lowest BCUT2D eigenvalue weighted by Gasteiger charge is -2.26. The van der Waals surface area contributed by atoms with E-state index in [1.807, 2.05) is 30.0 Å². The molecule has 0 radical (unpaired) electrons. The van der Waals surface area contributed by atoms with Gasteiger partial charge in [0.2, 0.25) is 0 Å². The van der Waals surface area contributed by atoms with Crippen molar-refractivity contribution in [2.24, 2.45) is 0 Å². The molecule has 0 saturated carbocycles. The third-order valence-electron chi connectivity index (χ3n) is 4.25. The van der Waals surface area contributed by atoms with Gasteiger partial charge in [0.25, 0.3) is 5.91 Å². The van der Waals surface area contributed by atoms with Crippen LogP contribution in [0.4, 0.5) is 0 Å². The molecule has 0 spiro atoms. The van der Waals surface area contributed by atoms with Gasteiger partial charge in [0, 0.05) is 24.7 Å². The molecule has 1 heterocycles. The summed E-state index contributed by atoms with van der Waals surface area (Å²) in [6, 6.07) is 5.83. The SMILES string of the molecule is COC1(C)CCCN(C(=O)c2cccc(C)c2Br)CC1. The second-order valence-corrected chi connectivity index (χ2v) is 6.53. The van der Waals surface area contributed by atoms with Gasteiger partial charge in [-0.15, -0.1) is 0 Å². The average Bonchev–Trinajstić information content (AvgIpc) is 2.64. The monoisotopic (exact) mass is 339 g/mol. The number of carbonyl (C=O) groups is 1. The maximum Gasteiger partial charge on any atom is 0.255 e. The van der Waals surface area contributed by atoms with E-state index in [4.69, 9.17) is 4.74 Å². The number of ether oxygens (including phenoxy) is 1. The zero-order chi connectivity index (χ0) is 14.8. The van der Waals surface area contributed by atoms with Crippen molar-refractivity contribution in [1.29, 1.82) is 0 Å². The van der Waals surface area contributed by atoms with Crippen LogP contribution in [-0.4, -0.2) is 36.6 Å². The van der Waals surface area contributed by atoms with Crippen LogP contribution in [0.3, 0.4) is 0 Å². The fraction of sp³-hybridized carbons (Fsp3) is 0.562. The first-order chi connectivity index (χ1) is 9.47. The summed E-state index contributed by atoms with van der Waals surface area (Å²) in [5, 5.41) is 0. The van der Waals surface area contributed by atoms with Crippen molar-refractivity contribution in [3.8, 4) is 0 Å². The quantitative estimate of drug-likeness (QED) is 0.820. The highest BCUT2D eigenvalue weighted by Gasteiger charge is 2.29. The predicted molar refractivity (Wildman–Crippen MR) is 84.0 cm³/mol. The molecule has 0 N–H and O–H groups in total. The van der Waals surface area contributed by atoms with Gasteiger partial charge in [0.15, 0.2) is 0 Å². The van der Waals surface area contributed by atoms with E-state index in [0.717, 1.165) is 48.0 Å². The van der Waals surface area contributed by atoms with E-state index in [9.17, 15) is 4.79 Å². The van der Waals surface area contributed by atoms with Crippen LogP contribution in [0, 0.1) is 6.92 Å². The number of likely N-dealkylation sites (tertiary alicyclic amines) is 1. The molecule has 1 unspecified atom stereocenters. The van der Waals surface area contributed by atoms with Gasteiger partial charge in [-0.05, 0) is 60.7 Å². The van der Waals surface area contributed by atoms with E-state index in [1.165, 1.54) is 0 Å². The van der Waals surface area contributed by atoms with Crippen molar-refractivity contribution >= 4 is 21.8 Å². The van der Waals surface area contributed by atoms with Gasteiger partial charge < -0.3 is 9.64 Å². The molecule has 0 bridgehead atoms. The van der Waals surface area contributed by atoms with E-state index in [0.29, 0.717) is 0 Å². The van der Waals surface area contributed by atoms with Gasteiger partial charge in [-0.3, -0.25) is 4.79 Å². The summed E-state index contributed by atoms with van der Waals surface area (Å²) in [6.45, 7) is 5.69. The van der Waals surface area contributed by atoms with Crippen molar-refractivity contribution in [3.63, 3.8) is 0 Å². The molecule has 0 aliphatic carbocycles. The number of nitrogens with zero attached hydrogens (tertiary/aromatic N) is 1. The van der Waals surface area contributed by atoms with Crippen molar-refractivity contribution in [2.75, 3.05) is 20.2 Å². The average molecular weight is 340 g/mol. The lowest BCUT2D eigenvalue weighted by Crippen LogP contribution is -2.34. The summed E-state index contributed by atoms with van der Waals surface area (Å²) in [5.41, 5.74) is 1.75. The molecule has 0 aromatic heterocycles. The summed E-state index contributed by atoms with van der Waals surface area (Å²) in [5.74, 6) is 0.112. The number of aryl methyl sites for hydroxylation is 1. The van der Waals surface area contributed by atoms with Gasteiger partial charge in [-0.1, -0.05) is 12.1 Å². The smallest absolute Gasteiger partial charge is 0.255 e. The third kappa shape index (κ3) is 3.23. The van der Waals surface area contributed by atoms with Crippen molar-refractivity contribution in [2.45, 2.75) is 38.7 Å². The Labute approximate surface area is 129 Å². The third-order valence-corrected chi connectivity index (χ3v) is 5.30. The minimum atomic E-state index is -0.0983. The number of benzene rings is 1. The summed E-state index contributed by atoms with van der Waals surface area (Å²) >= 11 is 3.53. The van der Waals surface area contributed by atoms with Gasteiger partial charge in [0.1, 0.15) is 0 Å². The van der Waals surface area contributed by atoms with Gasteiger partial charge in [-0.2, -0.15) is 0 Å². The van der Waals surface area contributed by atoms with Gasteiger partial charge in [0.05, 0.1) is 11.2 Å². The molecule has 1 atom stereocenters. The van der Waals surface area contributed by atoms with E-state index in [1.54, 1.807) is 7.11 Å². The summed E-state index contributed by atoms with van der Waals surface area (Å²) in [4.78, 5) is 14.6. The number of amides is 1. The molecule has 1 amide bonds. The Balaban J connectivity index is 2.16. The Kier molecular flexibility index (Phi) is 4.86. The lowest BCUT2D eigenvalue weighted by molar-refractivity contribution is -0.00537. The summed E-state index contributed by atoms with van der Waals surface area (Å²) in [7, 11) is 1.76. The maximum absolute atomic E-state index is 12.7. The highest BCUT2D eigenvalue weighted by Crippen LogP contribution is 2.27. The fourth-order valence-corrected chi connectivity index (χ4v) is 3.08. The predicted octanol–water partition coefficient (Wildman–Crippen LogP) is 3.79. The van der Waals surface area contributed by atoms with Crippen LogP contribution in [-0.2, 0) is 4.74 Å². The molecule has 2 rings (SSSR count). The molecule has 1 aliphatic heterocycles. The molecule has 4 heteroatoms.